The van der Waals surface area contributed by atoms with Crippen LogP contribution in [0.5, 0.6) is 0 Å². The average Bonchev–Trinajstić information content (AvgIpc) is 3.03. The number of hydrogen-bond acceptors (Lipinski definition) is 3. The van der Waals surface area contributed by atoms with E-state index >= 15 is 0 Å². The number of halogens is 1. The number of thiophene rings is 1. The molecule has 118 valence electrons. The Bertz CT molecular complexity index is 491. The van der Waals surface area contributed by atoms with Crippen molar-refractivity contribution in [3.05, 3.63) is 20.8 Å². The third kappa shape index (κ3) is 3.90. The van der Waals surface area contributed by atoms with Gasteiger partial charge < -0.3 is 10.1 Å². The first kappa shape index (κ1) is 16.0. The van der Waals surface area contributed by atoms with Gasteiger partial charge in [0.1, 0.15) is 0 Å². The largest absolute Gasteiger partial charge is 0.377 e. The molecule has 2 fully saturated rings. The number of rotatable bonds is 5. The zero-order valence-corrected chi connectivity index (χ0v) is 15.6. The lowest BCUT2D eigenvalue weighted by Gasteiger charge is -2.37. The van der Waals surface area contributed by atoms with Crippen LogP contribution < -0.4 is 5.32 Å². The summed E-state index contributed by atoms with van der Waals surface area (Å²) >= 11 is 5.46. The van der Waals surface area contributed by atoms with Crippen molar-refractivity contribution in [3.63, 3.8) is 0 Å². The molecule has 1 saturated carbocycles. The number of hydrogen-bond donors (Lipinski definition) is 1. The topological polar surface area (TPSA) is 21.3 Å². The van der Waals surface area contributed by atoms with Crippen molar-refractivity contribution in [2.75, 3.05) is 13.2 Å². The zero-order valence-electron chi connectivity index (χ0n) is 13.2. The van der Waals surface area contributed by atoms with Gasteiger partial charge in [0.15, 0.2) is 0 Å². The van der Waals surface area contributed by atoms with Gasteiger partial charge in [-0.1, -0.05) is 0 Å². The predicted octanol–water partition coefficient (Wildman–Crippen LogP) is 4.63. The van der Waals surface area contributed by atoms with E-state index in [1.807, 2.05) is 11.3 Å². The highest BCUT2D eigenvalue weighted by Gasteiger charge is 2.51. The first-order valence-electron chi connectivity index (χ1n) is 7.98. The monoisotopic (exact) mass is 371 g/mol. The van der Waals surface area contributed by atoms with E-state index in [9.17, 15) is 0 Å². The molecular formula is C17H26BrNOS. The van der Waals surface area contributed by atoms with Crippen LogP contribution in [0, 0.1) is 11.3 Å². The second-order valence-corrected chi connectivity index (χ2v) is 9.66. The zero-order chi connectivity index (χ0) is 15.1. The fourth-order valence-electron chi connectivity index (χ4n) is 3.42. The standard InChI is InChI=1S/C17H26BrNOS/c1-16(2,3)19-11-17(9-14-8-13(18)10-21-14)6-7-20-15(17)12-4-5-12/h8,10,12,15,19H,4-7,9,11H2,1-3H3. The van der Waals surface area contributed by atoms with Crippen molar-refractivity contribution in [1.29, 1.82) is 0 Å². The molecule has 0 aromatic carbocycles. The maximum atomic E-state index is 6.19. The summed E-state index contributed by atoms with van der Waals surface area (Å²) in [6, 6.07) is 2.28. The molecule has 2 nitrogen and oxygen atoms in total. The van der Waals surface area contributed by atoms with Crippen LogP contribution in [0.3, 0.4) is 0 Å². The lowest BCUT2D eigenvalue weighted by atomic mass is 9.75. The molecule has 2 heterocycles. The SMILES string of the molecule is CC(C)(C)NCC1(Cc2cc(Br)cs2)CCOC1C1CC1. The van der Waals surface area contributed by atoms with Crippen molar-refractivity contribution < 1.29 is 4.74 Å². The first-order chi connectivity index (χ1) is 9.88. The molecule has 1 aromatic heterocycles. The third-order valence-corrected chi connectivity index (χ3v) is 6.37. The Kier molecular flexibility index (Phi) is 4.53. The van der Waals surface area contributed by atoms with Crippen molar-refractivity contribution in [1.82, 2.24) is 5.32 Å². The maximum Gasteiger partial charge on any atom is 0.0675 e. The van der Waals surface area contributed by atoms with Gasteiger partial charge >= 0.3 is 0 Å². The van der Waals surface area contributed by atoms with Gasteiger partial charge in [0.25, 0.3) is 0 Å². The molecule has 1 N–H and O–H groups in total. The molecule has 1 aliphatic carbocycles. The van der Waals surface area contributed by atoms with Crippen LogP contribution >= 0.6 is 27.3 Å². The Balaban J connectivity index is 1.79. The van der Waals surface area contributed by atoms with Gasteiger partial charge in [-0.3, -0.25) is 0 Å². The summed E-state index contributed by atoms with van der Waals surface area (Å²) in [5, 5.41) is 5.95. The van der Waals surface area contributed by atoms with Crippen molar-refractivity contribution >= 4 is 27.3 Å². The van der Waals surface area contributed by atoms with E-state index in [1.54, 1.807) is 0 Å². The second-order valence-electron chi connectivity index (χ2n) is 7.75. The summed E-state index contributed by atoms with van der Waals surface area (Å²) in [6.45, 7) is 8.76. The molecule has 2 atom stereocenters. The molecule has 0 amide bonds. The maximum absolute atomic E-state index is 6.19. The highest BCUT2D eigenvalue weighted by molar-refractivity contribution is 9.10. The minimum atomic E-state index is 0.166. The van der Waals surface area contributed by atoms with Crippen molar-refractivity contribution in [3.8, 4) is 0 Å². The number of nitrogens with one attached hydrogen (secondary N) is 1. The third-order valence-electron chi connectivity index (χ3n) is 4.67. The summed E-state index contributed by atoms with van der Waals surface area (Å²) in [7, 11) is 0. The van der Waals surface area contributed by atoms with Gasteiger partial charge in [0.2, 0.25) is 0 Å². The summed E-state index contributed by atoms with van der Waals surface area (Å²) in [5.41, 5.74) is 0.443. The quantitative estimate of drug-likeness (QED) is 0.814. The van der Waals surface area contributed by atoms with Crippen LogP contribution in [-0.2, 0) is 11.2 Å². The molecule has 2 aliphatic rings. The van der Waals surface area contributed by atoms with Gasteiger partial charge in [-0.2, -0.15) is 0 Å². The van der Waals surface area contributed by atoms with E-state index in [2.05, 4.69) is 53.5 Å². The van der Waals surface area contributed by atoms with Crippen molar-refractivity contribution in [2.24, 2.45) is 11.3 Å². The van der Waals surface area contributed by atoms with Gasteiger partial charge in [-0.25, -0.2) is 0 Å². The molecule has 1 aliphatic heterocycles. The average molecular weight is 372 g/mol. The molecule has 2 unspecified atom stereocenters. The number of ether oxygens (including phenoxy) is 1. The van der Waals surface area contributed by atoms with E-state index in [1.165, 1.54) is 28.6 Å². The highest BCUT2D eigenvalue weighted by Crippen LogP contribution is 2.49. The summed E-state index contributed by atoms with van der Waals surface area (Å²) in [5.74, 6) is 0.803. The Hall–Kier alpha value is 0.1000. The Morgan fingerprint density at radius 3 is 2.76 bits per heavy atom. The fourth-order valence-corrected chi connectivity index (χ4v) is 5.02. The van der Waals surface area contributed by atoms with E-state index in [0.717, 1.165) is 25.5 Å². The molecule has 1 saturated heterocycles. The summed E-state index contributed by atoms with van der Waals surface area (Å²) in [4.78, 5) is 1.48. The molecule has 0 spiro atoms. The van der Waals surface area contributed by atoms with E-state index in [4.69, 9.17) is 4.74 Å². The summed E-state index contributed by atoms with van der Waals surface area (Å²) < 4.78 is 7.40. The Morgan fingerprint density at radius 2 is 2.19 bits per heavy atom. The molecule has 4 heteroatoms. The Labute approximate surface area is 140 Å². The van der Waals surface area contributed by atoms with Crippen LogP contribution in [0.25, 0.3) is 0 Å². The smallest absolute Gasteiger partial charge is 0.0675 e. The van der Waals surface area contributed by atoms with Crippen LogP contribution in [-0.4, -0.2) is 24.8 Å². The minimum Gasteiger partial charge on any atom is -0.377 e. The first-order valence-corrected chi connectivity index (χ1v) is 9.65. The molecular weight excluding hydrogens is 346 g/mol. The molecule has 1 aromatic rings. The fraction of sp³-hybridized carbons (Fsp3) is 0.765. The van der Waals surface area contributed by atoms with Crippen LogP contribution in [0.4, 0.5) is 0 Å². The lowest BCUT2D eigenvalue weighted by Crippen LogP contribution is -2.49. The molecule has 0 radical (unpaired) electrons. The normalized spacial score (nSPS) is 30.0. The molecule has 3 rings (SSSR count). The Morgan fingerprint density at radius 1 is 1.43 bits per heavy atom. The van der Waals surface area contributed by atoms with Gasteiger partial charge in [-0.15, -0.1) is 11.3 Å². The van der Waals surface area contributed by atoms with Gasteiger partial charge in [0.05, 0.1) is 6.10 Å². The van der Waals surface area contributed by atoms with E-state index in [-0.39, 0.29) is 11.0 Å². The minimum absolute atomic E-state index is 0.166. The lowest BCUT2D eigenvalue weighted by molar-refractivity contribution is 0.0283. The molecule has 0 bridgehead atoms. The van der Waals surface area contributed by atoms with Crippen LogP contribution in [0.2, 0.25) is 0 Å². The molecule has 21 heavy (non-hydrogen) atoms. The summed E-state index contributed by atoms with van der Waals surface area (Å²) in [6.07, 6.45) is 5.50. The second kappa shape index (κ2) is 5.95. The van der Waals surface area contributed by atoms with Gasteiger partial charge in [-0.05, 0) is 74.4 Å². The predicted molar refractivity (Wildman–Crippen MR) is 93.0 cm³/mol. The van der Waals surface area contributed by atoms with E-state index in [0.29, 0.717) is 6.10 Å². The van der Waals surface area contributed by atoms with Crippen LogP contribution in [0.15, 0.2) is 15.9 Å². The highest BCUT2D eigenvalue weighted by atomic mass is 79.9. The van der Waals surface area contributed by atoms with Crippen molar-refractivity contribution in [2.45, 2.75) is 58.1 Å². The van der Waals surface area contributed by atoms with Gasteiger partial charge in [0, 0.05) is 38.8 Å². The van der Waals surface area contributed by atoms with Crippen LogP contribution in [0.1, 0.15) is 44.9 Å². The van der Waals surface area contributed by atoms with E-state index < -0.39 is 0 Å².